The molecule has 2 amide bonds. The van der Waals surface area contributed by atoms with Gasteiger partial charge in [0.05, 0.1) is 35.9 Å². The zero-order valence-corrected chi connectivity index (χ0v) is 17.8. The van der Waals surface area contributed by atoms with E-state index in [9.17, 15) is 19.5 Å². The van der Waals surface area contributed by atoms with E-state index in [1.165, 1.54) is 0 Å². The van der Waals surface area contributed by atoms with E-state index >= 15 is 0 Å². The Morgan fingerprint density at radius 3 is 2.43 bits per heavy atom. The fraction of sp³-hybridized carbons (Fsp3) is 0.773. The summed E-state index contributed by atoms with van der Waals surface area (Å²) in [6.07, 6.45) is 6.26. The molecule has 0 radical (unpaired) electrons. The number of nitrogens with one attached hydrogen (secondary N) is 2. The number of esters is 2. The number of amides is 2. The molecule has 5 rings (SSSR count). The third kappa shape index (κ3) is 4.06. The van der Waals surface area contributed by atoms with Crippen LogP contribution >= 0.6 is 0 Å². The first-order valence-electron chi connectivity index (χ1n) is 11.1. The highest BCUT2D eigenvalue weighted by Gasteiger charge is 2.57. The Bertz CT molecular complexity index is 762. The van der Waals surface area contributed by atoms with Crippen LogP contribution < -0.4 is 10.6 Å². The molecule has 5 atom stereocenters. The maximum absolute atomic E-state index is 12.7. The number of hydrogen-bond donors (Lipinski definition) is 3. The van der Waals surface area contributed by atoms with Crippen LogP contribution in [0.2, 0.25) is 0 Å². The van der Waals surface area contributed by atoms with Gasteiger partial charge in [-0.25, -0.2) is 9.59 Å². The molecular weight excluding hydrogens is 388 g/mol. The molecular formula is C22H32N2O6. The van der Waals surface area contributed by atoms with Crippen LogP contribution in [0.3, 0.4) is 0 Å². The first-order chi connectivity index (χ1) is 14.2. The summed E-state index contributed by atoms with van der Waals surface area (Å²) in [7, 11) is 0. The average molecular weight is 421 g/mol. The minimum atomic E-state index is -0.624. The van der Waals surface area contributed by atoms with E-state index in [-0.39, 0.29) is 36.7 Å². The van der Waals surface area contributed by atoms with Gasteiger partial charge in [0, 0.05) is 0 Å². The normalized spacial score (nSPS) is 36.9. The molecule has 0 spiro atoms. The van der Waals surface area contributed by atoms with Gasteiger partial charge in [-0.05, 0) is 69.1 Å². The van der Waals surface area contributed by atoms with Gasteiger partial charge in [0.1, 0.15) is 6.61 Å². The number of hydrogen-bond acceptors (Lipinski definition) is 6. The summed E-state index contributed by atoms with van der Waals surface area (Å²) < 4.78 is 10.7. The lowest BCUT2D eigenvalue weighted by Crippen LogP contribution is -2.56. The Labute approximate surface area is 176 Å². The maximum Gasteiger partial charge on any atom is 0.338 e. The first-order valence-corrected chi connectivity index (χ1v) is 11.1. The zero-order chi connectivity index (χ0) is 21.5. The fourth-order valence-corrected chi connectivity index (χ4v) is 6.69. The molecule has 5 aliphatic rings. The van der Waals surface area contributed by atoms with Crippen molar-refractivity contribution in [1.29, 1.82) is 0 Å². The van der Waals surface area contributed by atoms with Crippen LogP contribution in [-0.2, 0) is 19.1 Å². The molecule has 8 heteroatoms. The Balaban J connectivity index is 1.44. The fourth-order valence-electron chi connectivity index (χ4n) is 6.69. The molecule has 1 aliphatic heterocycles. The van der Waals surface area contributed by atoms with E-state index in [2.05, 4.69) is 10.6 Å². The summed E-state index contributed by atoms with van der Waals surface area (Å²) in [4.78, 5) is 37.1. The van der Waals surface area contributed by atoms with Crippen LogP contribution in [0.25, 0.3) is 0 Å². The highest BCUT2D eigenvalue weighted by Crippen LogP contribution is 2.62. The number of carbonyl (C=O) groups excluding carboxylic acids is 3. The smallest absolute Gasteiger partial charge is 0.338 e. The highest BCUT2D eigenvalue weighted by molar-refractivity contribution is 5.94. The molecule has 4 fully saturated rings. The van der Waals surface area contributed by atoms with E-state index in [1.54, 1.807) is 6.92 Å². The molecule has 0 aromatic carbocycles. The Kier molecular flexibility index (Phi) is 5.55. The van der Waals surface area contributed by atoms with Gasteiger partial charge in [-0.2, -0.15) is 0 Å². The number of ether oxygens (including phenoxy) is 2. The lowest BCUT2D eigenvalue weighted by molar-refractivity contribution is -0.176. The second kappa shape index (κ2) is 7.87. The van der Waals surface area contributed by atoms with Crippen LogP contribution in [0.5, 0.6) is 0 Å². The molecule has 166 valence electrons. The van der Waals surface area contributed by atoms with Crippen LogP contribution in [0.1, 0.15) is 65.2 Å². The van der Waals surface area contributed by atoms with Crippen molar-refractivity contribution < 1.29 is 29.0 Å². The summed E-state index contributed by atoms with van der Waals surface area (Å²) in [6.45, 7) is 3.61. The van der Waals surface area contributed by atoms with Crippen LogP contribution in [-0.4, -0.2) is 47.9 Å². The van der Waals surface area contributed by atoms with Gasteiger partial charge in [-0.3, -0.25) is 4.79 Å². The molecule has 2 unspecified atom stereocenters. The Hall–Kier alpha value is -2.09. The van der Waals surface area contributed by atoms with E-state index in [1.807, 2.05) is 6.92 Å². The quantitative estimate of drug-likeness (QED) is 0.544. The summed E-state index contributed by atoms with van der Waals surface area (Å²) in [5.41, 5.74) is -0.226. The van der Waals surface area contributed by atoms with E-state index in [0.717, 1.165) is 32.1 Å². The van der Waals surface area contributed by atoms with Crippen molar-refractivity contribution in [3.05, 3.63) is 11.3 Å². The second-order valence-electron chi connectivity index (χ2n) is 9.69. The van der Waals surface area contributed by atoms with Crippen molar-refractivity contribution in [1.82, 2.24) is 10.6 Å². The van der Waals surface area contributed by atoms with Gasteiger partial charge in [0.25, 0.3) is 0 Å². The second-order valence-corrected chi connectivity index (χ2v) is 9.69. The van der Waals surface area contributed by atoms with Crippen molar-refractivity contribution in [2.24, 2.45) is 17.3 Å². The molecule has 1 heterocycles. The molecule has 0 saturated heterocycles. The van der Waals surface area contributed by atoms with Crippen molar-refractivity contribution >= 4 is 18.0 Å². The SMILES string of the molecule is CCOC(=O)C1=C(COC(=O)CC23C[C@@H]4C[C@@H](CC(O)(C4)C2)C3)NC(=O)N[C@H]1CC. The van der Waals surface area contributed by atoms with Crippen molar-refractivity contribution in [2.75, 3.05) is 13.2 Å². The zero-order valence-electron chi connectivity index (χ0n) is 17.8. The van der Waals surface area contributed by atoms with Gasteiger partial charge >= 0.3 is 18.0 Å². The first kappa shape index (κ1) is 21.2. The van der Waals surface area contributed by atoms with E-state index in [4.69, 9.17) is 9.47 Å². The van der Waals surface area contributed by atoms with E-state index < -0.39 is 23.6 Å². The lowest BCUT2D eigenvalue weighted by Gasteiger charge is -2.60. The molecule has 4 saturated carbocycles. The van der Waals surface area contributed by atoms with Crippen molar-refractivity contribution in [3.63, 3.8) is 0 Å². The van der Waals surface area contributed by atoms with Crippen molar-refractivity contribution in [3.8, 4) is 0 Å². The summed E-state index contributed by atoms with van der Waals surface area (Å²) in [5, 5.41) is 16.2. The highest BCUT2D eigenvalue weighted by atomic mass is 16.5. The molecule has 8 nitrogen and oxygen atoms in total. The van der Waals surface area contributed by atoms with E-state index in [0.29, 0.717) is 30.3 Å². The molecule has 0 aromatic heterocycles. The number of urea groups is 1. The van der Waals surface area contributed by atoms with Crippen molar-refractivity contribution in [2.45, 2.75) is 76.9 Å². The van der Waals surface area contributed by atoms with Gasteiger partial charge in [-0.15, -0.1) is 0 Å². The molecule has 4 bridgehead atoms. The largest absolute Gasteiger partial charge is 0.463 e. The summed E-state index contributed by atoms with van der Waals surface area (Å²) in [6, 6.07) is -0.909. The summed E-state index contributed by atoms with van der Waals surface area (Å²) >= 11 is 0. The minimum Gasteiger partial charge on any atom is -0.463 e. The predicted molar refractivity (Wildman–Crippen MR) is 107 cm³/mol. The van der Waals surface area contributed by atoms with Gasteiger partial charge in [-0.1, -0.05) is 6.92 Å². The topological polar surface area (TPSA) is 114 Å². The Morgan fingerprint density at radius 2 is 1.83 bits per heavy atom. The lowest BCUT2D eigenvalue weighted by atomic mass is 9.47. The van der Waals surface area contributed by atoms with Gasteiger partial charge in [0.2, 0.25) is 0 Å². The van der Waals surface area contributed by atoms with Crippen LogP contribution in [0, 0.1) is 17.3 Å². The maximum atomic E-state index is 12.7. The molecule has 4 aliphatic carbocycles. The van der Waals surface area contributed by atoms with Gasteiger partial charge in [0.15, 0.2) is 0 Å². The minimum absolute atomic E-state index is 0.176. The van der Waals surface area contributed by atoms with Crippen LogP contribution in [0.15, 0.2) is 11.3 Å². The number of carbonyl (C=O) groups is 3. The molecule has 3 N–H and O–H groups in total. The third-order valence-corrected chi connectivity index (χ3v) is 7.20. The van der Waals surface area contributed by atoms with Crippen LogP contribution in [0.4, 0.5) is 4.79 Å². The monoisotopic (exact) mass is 420 g/mol. The Morgan fingerprint density at radius 1 is 1.13 bits per heavy atom. The molecule has 30 heavy (non-hydrogen) atoms. The average Bonchev–Trinajstić information content (AvgIpc) is 2.63. The standard InChI is InChI=1S/C22H32N2O6/c1-3-15-18(19(26)29-4-2)16(24-20(27)23-15)11-30-17(25)10-21-6-13-5-14(7-21)9-22(28,8-13)12-21/h13-15,28H,3-12H2,1-2H3,(H2,23,24,27)/t13-,14+,15-,21?,22?/m0/s1. The third-order valence-electron chi connectivity index (χ3n) is 7.20. The number of rotatable bonds is 7. The summed E-state index contributed by atoms with van der Waals surface area (Å²) in [5.74, 6) is 0.121. The number of aliphatic hydroxyl groups is 1. The molecule has 0 aromatic rings. The van der Waals surface area contributed by atoms with Gasteiger partial charge < -0.3 is 25.2 Å². The predicted octanol–water partition coefficient (Wildman–Crippen LogP) is 2.16.